The van der Waals surface area contributed by atoms with Gasteiger partial charge in [-0.1, -0.05) is 49.4 Å². The molecule has 23 heavy (non-hydrogen) atoms. The van der Waals surface area contributed by atoms with Crippen LogP contribution in [0.25, 0.3) is 0 Å². The summed E-state index contributed by atoms with van der Waals surface area (Å²) in [4.78, 5) is 1.37. The number of thiocarbonyl (C=S) groups is 1. The lowest BCUT2D eigenvalue weighted by atomic mass is 10.1. The molecule has 0 saturated heterocycles. The van der Waals surface area contributed by atoms with Crippen LogP contribution in [-0.2, 0) is 6.42 Å². The van der Waals surface area contributed by atoms with Crippen LogP contribution in [0.1, 0.15) is 24.1 Å². The number of likely N-dealkylation sites (N-methyl/N-ethyl adjacent to an activating group) is 1. The molecule has 1 atom stereocenters. The van der Waals surface area contributed by atoms with Gasteiger partial charge in [0.15, 0.2) is 5.11 Å². The highest BCUT2D eigenvalue weighted by Gasteiger charge is 2.17. The Bertz CT molecular complexity index is 608. The van der Waals surface area contributed by atoms with E-state index in [0.29, 0.717) is 11.2 Å². The summed E-state index contributed by atoms with van der Waals surface area (Å²) in [6.45, 7) is 2.95. The van der Waals surface area contributed by atoms with Crippen molar-refractivity contribution in [2.24, 2.45) is 0 Å². The minimum atomic E-state index is 0.360. The van der Waals surface area contributed by atoms with Gasteiger partial charge in [0.05, 0.1) is 20.6 Å². The lowest BCUT2D eigenvalue weighted by molar-refractivity contribution is -0.890. The van der Waals surface area contributed by atoms with E-state index in [4.69, 9.17) is 12.2 Å². The molecule has 0 heterocycles. The molecule has 0 spiro atoms. The van der Waals surface area contributed by atoms with E-state index in [-0.39, 0.29) is 0 Å². The maximum absolute atomic E-state index is 5.42. The van der Waals surface area contributed by atoms with Crippen molar-refractivity contribution in [1.29, 1.82) is 0 Å². The highest BCUT2D eigenvalue weighted by molar-refractivity contribution is 7.80. The highest BCUT2D eigenvalue weighted by Crippen LogP contribution is 2.10. The van der Waals surface area contributed by atoms with Crippen LogP contribution in [0.5, 0.6) is 0 Å². The van der Waals surface area contributed by atoms with Gasteiger partial charge in [-0.05, 0) is 36.3 Å². The van der Waals surface area contributed by atoms with Crippen molar-refractivity contribution in [3.8, 4) is 0 Å². The van der Waals surface area contributed by atoms with Gasteiger partial charge in [0.25, 0.3) is 0 Å². The van der Waals surface area contributed by atoms with E-state index in [0.717, 1.165) is 18.7 Å². The summed E-state index contributed by atoms with van der Waals surface area (Å²) >= 11 is 5.42. The average molecular weight is 329 g/mol. The Kier molecular flexibility index (Phi) is 6.56. The molecule has 0 unspecified atom stereocenters. The summed E-state index contributed by atoms with van der Waals surface area (Å²) < 4.78 is 0. The van der Waals surface area contributed by atoms with E-state index in [1.165, 1.54) is 16.0 Å². The molecule has 0 amide bonds. The van der Waals surface area contributed by atoms with E-state index in [1.54, 1.807) is 0 Å². The fourth-order valence-corrected chi connectivity index (χ4v) is 2.74. The fraction of sp³-hybridized carbons (Fsp3) is 0.316. The van der Waals surface area contributed by atoms with Gasteiger partial charge in [-0.15, -0.1) is 0 Å². The third kappa shape index (κ3) is 5.34. The van der Waals surface area contributed by atoms with Crippen molar-refractivity contribution < 1.29 is 4.90 Å². The Balaban J connectivity index is 1.91. The SMILES string of the molecule is CCc1ccc(NC(=S)NC[C@@H](c2ccccc2)[NH+](C)C)cc1. The number of quaternary nitrogens is 1. The maximum Gasteiger partial charge on any atom is 0.171 e. The molecular weight excluding hydrogens is 302 g/mol. The van der Waals surface area contributed by atoms with Crippen LogP contribution in [0.3, 0.4) is 0 Å². The first-order valence-electron chi connectivity index (χ1n) is 8.09. The Hall–Kier alpha value is -1.91. The molecule has 0 aliphatic rings. The zero-order chi connectivity index (χ0) is 16.7. The molecule has 0 aliphatic carbocycles. The Morgan fingerprint density at radius 1 is 1.04 bits per heavy atom. The lowest BCUT2D eigenvalue weighted by Crippen LogP contribution is -3.07. The van der Waals surface area contributed by atoms with Gasteiger partial charge < -0.3 is 15.5 Å². The summed E-state index contributed by atoms with van der Waals surface area (Å²) in [6, 6.07) is 19.3. The number of anilines is 1. The number of hydrogen-bond acceptors (Lipinski definition) is 1. The largest absolute Gasteiger partial charge is 0.356 e. The van der Waals surface area contributed by atoms with E-state index in [1.807, 2.05) is 6.07 Å². The molecular formula is C19H26N3S+. The fourth-order valence-electron chi connectivity index (χ4n) is 2.53. The van der Waals surface area contributed by atoms with Crippen molar-refractivity contribution in [2.45, 2.75) is 19.4 Å². The number of rotatable bonds is 6. The topological polar surface area (TPSA) is 28.5 Å². The van der Waals surface area contributed by atoms with E-state index >= 15 is 0 Å². The quantitative estimate of drug-likeness (QED) is 0.711. The Labute approximate surface area is 144 Å². The summed E-state index contributed by atoms with van der Waals surface area (Å²) in [5.74, 6) is 0. The second kappa shape index (κ2) is 8.65. The zero-order valence-corrected chi connectivity index (χ0v) is 14.9. The zero-order valence-electron chi connectivity index (χ0n) is 14.1. The van der Waals surface area contributed by atoms with Gasteiger partial charge in [0.1, 0.15) is 6.04 Å². The standard InChI is InChI=1S/C19H25N3S/c1-4-15-10-12-17(13-11-15)21-19(23)20-14-18(22(2)3)16-8-6-5-7-9-16/h5-13,18H,4,14H2,1-3H3,(H2,20,21,23)/p+1/t18-/m0/s1. The molecule has 2 aromatic carbocycles. The summed E-state index contributed by atoms with van der Waals surface area (Å²) in [6.07, 6.45) is 1.05. The normalized spacial score (nSPS) is 12.0. The van der Waals surface area contributed by atoms with Gasteiger partial charge in [0.2, 0.25) is 0 Å². The molecule has 0 saturated carbocycles. The summed E-state index contributed by atoms with van der Waals surface area (Å²) in [5, 5.41) is 7.25. The molecule has 0 bridgehead atoms. The number of nitrogens with one attached hydrogen (secondary N) is 3. The van der Waals surface area contributed by atoms with Crippen LogP contribution in [0.15, 0.2) is 54.6 Å². The molecule has 2 aromatic rings. The van der Waals surface area contributed by atoms with Gasteiger partial charge in [-0.3, -0.25) is 0 Å². The van der Waals surface area contributed by atoms with E-state index in [2.05, 4.69) is 80.2 Å². The third-order valence-corrected chi connectivity index (χ3v) is 4.23. The highest BCUT2D eigenvalue weighted by atomic mass is 32.1. The van der Waals surface area contributed by atoms with Crippen LogP contribution in [0.2, 0.25) is 0 Å². The van der Waals surface area contributed by atoms with Crippen LogP contribution in [-0.4, -0.2) is 25.8 Å². The first-order valence-corrected chi connectivity index (χ1v) is 8.49. The van der Waals surface area contributed by atoms with Gasteiger partial charge in [-0.25, -0.2) is 0 Å². The first-order chi connectivity index (χ1) is 11.1. The maximum atomic E-state index is 5.42. The van der Waals surface area contributed by atoms with E-state index < -0.39 is 0 Å². The van der Waals surface area contributed by atoms with Crippen LogP contribution >= 0.6 is 12.2 Å². The number of hydrogen-bond donors (Lipinski definition) is 3. The molecule has 2 rings (SSSR count). The molecule has 0 aliphatic heterocycles. The monoisotopic (exact) mass is 328 g/mol. The molecule has 3 nitrogen and oxygen atoms in total. The van der Waals surface area contributed by atoms with Crippen LogP contribution in [0, 0.1) is 0 Å². The summed E-state index contributed by atoms with van der Waals surface area (Å²) in [7, 11) is 4.33. The Morgan fingerprint density at radius 3 is 2.26 bits per heavy atom. The molecule has 122 valence electrons. The predicted molar refractivity (Wildman–Crippen MR) is 102 cm³/mol. The molecule has 0 radical (unpaired) electrons. The minimum absolute atomic E-state index is 0.360. The van der Waals surface area contributed by atoms with Crippen LogP contribution in [0.4, 0.5) is 5.69 Å². The number of aryl methyl sites for hydroxylation is 1. The van der Waals surface area contributed by atoms with E-state index in [9.17, 15) is 0 Å². The van der Waals surface area contributed by atoms with Gasteiger partial charge in [-0.2, -0.15) is 0 Å². The second-order valence-electron chi connectivity index (χ2n) is 5.93. The van der Waals surface area contributed by atoms with Crippen molar-refractivity contribution in [3.05, 3.63) is 65.7 Å². The first kappa shape index (κ1) is 17.4. The minimum Gasteiger partial charge on any atom is -0.356 e. The predicted octanol–water partition coefficient (Wildman–Crippen LogP) is 2.42. The Morgan fingerprint density at radius 2 is 1.70 bits per heavy atom. The third-order valence-electron chi connectivity index (χ3n) is 3.99. The lowest BCUT2D eigenvalue weighted by Gasteiger charge is -2.23. The van der Waals surface area contributed by atoms with Gasteiger partial charge >= 0.3 is 0 Å². The van der Waals surface area contributed by atoms with Gasteiger partial charge in [0, 0.05) is 11.3 Å². The number of benzene rings is 2. The van der Waals surface area contributed by atoms with Crippen LogP contribution < -0.4 is 15.5 Å². The average Bonchev–Trinajstić information content (AvgIpc) is 2.56. The molecule has 0 fully saturated rings. The van der Waals surface area contributed by atoms with Crippen molar-refractivity contribution in [2.75, 3.05) is 26.0 Å². The van der Waals surface area contributed by atoms with Crippen molar-refractivity contribution in [3.63, 3.8) is 0 Å². The molecule has 4 heteroatoms. The molecule has 0 aromatic heterocycles. The second-order valence-corrected chi connectivity index (χ2v) is 6.33. The summed E-state index contributed by atoms with van der Waals surface area (Å²) in [5.41, 5.74) is 3.66. The van der Waals surface area contributed by atoms with Crippen molar-refractivity contribution in [1.82, 2.24) is 5.32 Å². The van der Waals surface area contributed by atoms with Crippen molar-refractivity contribution >= 4 is 23.0 Å². The molecule has 3 N–H and O–H groups in total. The smallest absolute Gasteiger partial charge is 0.171 e.